The number of hydrogen-bond donors (Lipinski definition) is 3. The molecule has 4 rings (SSSR count). The lowest BCUT2D eigenvalue weighted by molar-refractivity contribution is -0.137. The molecule has 2 amide bonds. The molecule has 0 saturated carbocycles. The molecule has 0 aliphatic carbocycles. The summed E-state index contributed by atoms with van der Waals surface area (Å²) in [5, 5.41) is 15.3. The number of nitrogens with one attached hydrogen (secondary N) is 2. The number of para-hydroxylation sites is 2. The average Bonchev–Trinajstić information content (AvgIpc) is 3.15. The van der Waals surface area contributed by atoms with Gasteiger partial charge >= 0.3 is 6.18 Å². The lowest BCUT2D eigenvalue weighted by Gasteiger charge is -2.19. The van der Waals surface area contributed by atoms with Crippen molar-refractivity contribution < 1.29 is 35.9 Å². The highest BCUT2D eigenvalue weighted by Crippen LogP contribution is 2.42. The third kappa shape index (κ3) is 6.47. The number of hydrogen-bond acceptors (Lipinski definition) is 7. The molecule has 14 heteroatoms. The Balaban J connectivity index is 1.49. The number of thioether (sulfide) groups is 1. The number of nitrogens with two attached hydrogens (primary N) is 1. The van der Waals surface area contributed by atoms with Gasteiger partial charge in [-0.15, -0.1) is 0 Å². The smallest absolute Gasteiger partial charge is 0.418 e. The summed E-state index contributed by atoms with van der Waals surface area (Å²) in [5.41, 5.74) is -0.831. The fraction of sp³-hybridized carbons (Fsp3) is 0.0800. The van der Waals surface area contributed by atoms with E-state index in [4.69, 9.17) is 15.3 Å². The van der Waals surface area contributed by atoms with Crippen LogP contribution in [0, 0.1) is 5.41 Å². The van der Waals surface area contributed by atoms with Crippen LogP contribution in [0.4, 0.5) is 24.5 Å². The Morgan fingerprint density at radius 2 is 1.69 bits per heavy atom. The minimum atomic E-state index is -4.72. The molecule has 3 aromatic carbocycles. The first-order chi connectivity index (χ1) is 18.3. The average molecular weight is 577 g/mol. The van der Waals surface area contributed by atoms with Gasteiger partial charge in [-0.3, -0.25) is 19.9 Å². The molecule has 1 aliphatic heterocycles. The molecular weight excluding hydrogens is 557 g/mol. The molecule has 0 aromatic heterocycles. The number of sulfonamides is 1. The fourth-order valence-corrected chi connectivity index (χ4v) is 4.92. The van der Waals surface area contributed by atoms with Gasteiger partial charge in [-0.2, -0.15) is 13.2 Å². The van der Waals surface area contributed by atoms with Crippen molar-refractivity contribution in [3.8, 4) is 5.75 Å². The quantitative estimate of drug-likeness (QED) is 0.355. The zero-order valence-electron chi connectivity index (χ0n) is 19.7. The first-order valence-corrected chi connectivity index (χ1v) is 13.3. The maximum absolute atomic E-state index is 13.5. The second-order valence-electron chi connectivity index (χ2n) is 8.02. The summed E-state index contributed by atoms with van der Waals surface area (Å²) in [6.45, 7) is -0.445. The zero-order valence-corrected chi connectivity index (χ0v) is 21.4. The molecule has 202 valence electrons. The number of nitrogens with zero attached hydrogens (tertiary/aromatic N) is 1. The number of amidine groups is 1. The first kappa shape index (κ1) is 27.9. The van der Waals surface area contributed by atoms with Crippen molar-refractivity contribution in [1.29, 1.82) is 5.41 Å². The van der Waals surface area contributed by atoms with E-state index in [9.17, 15) is 31.2 Å². The van der Waals surface area contributed by atoms with Crippen LogP contribution in [0.15, 0.2) is 82.6 Å². The van der Waals surface area contributed by atoms with Crippen LogP contribution >= 0.6 is 11.8 Å². The highest BCUT2D eigenvalue weighted by molar-refractivity contribution is 8.19. The number of carbonyl (C=O) groups is 2. The van der Waals surface area contributed by atoms with Gasteiger partial charge in [0.2, 0.25) is 10.0 Å². The molecule has 0 bridgehead atoms. The van der Waals surface area contributed by atoms with Crippen molar-refractivity contribution in [2.45, 2.75) is 11.1 Å². The predicted molar refractivity (Wildman–Crippen MR) is 141 cm³/mol. The van der Waals surface area contributed by atoms with E-state index in [0.29, 0.717) is 27.9 Å². The Morgan fingerprint density at radius 1 is 1.05 bits per heavy atom. The van der Waals surface area contributed by atoms with Crippen LogP contribution in [0.3, 0.4) is 0 Å². The lowest BCUT2D eigenvalue weighted by atomic mass is 10.1. The summed E-state index contributed by atoms with van der Waals surface area (Å²) >= 11 is 0.695. The Hall–Kier alpha value is -4.14. The van der Waals surface area contributed by atoms with Crippen molar-refractivity contribution in [3.63, 3.8) is 0 Å². The topological polar surface area (TPSA) is 143 Å². The Kier molecular flexibility index (Phi) is 7.81. The van der Waals surface area contributed by atoms with Gasteiger partial charge in [-0.25, -0.2) is 13.6 Å². The van der Waals surface area contributed by atoms with Crippen LogP contribution in [-0.2, 0) is 25.8 Å². The van der Waals surface area contributed by atoms with Crippen molar-refractivity contribution in [1.82, 2.24) is 0 Å². The van der Waals surface area contributed by atoms with Crippen LogP contribution in [0.1, 0.15) is 11.1 Å². The number of primary sulfonamides is 1. The zero-order chi connectivity index (χ0) is 28.4. The lowest BCUT2D eigenvalue weighted by Crippen LogP contribution is -2.30. The minimum absolute atomic E-state index is 0.00701. The second kappa shape index (κ2) is 10.9. The molecule has 1 saturated heterocycles. The number of ether oxygens (including phenoxy) is 1. The van der Waals surface area contributed by atoms with E-state index < -0.39 is 51.0 Å². The molecule has 3 aromatic rings. The van der Waals surface area contributed by atoms with Crippen LogP contribution in [0.2, 0.25) is 0 Å². The van der Waals surface area contributed by atoms with Gasteiger partial charge in [0.05, 0.1) is 21.1 Å². The molecule has 0 radical (unpaired) electrons. The van der Waals surface area contributed by atoms with Crippen LogP contribution in [-0.4, -0.2) is 32.0 Å². The van der Waals surface area contributed by atoms with Crippen LogP contribution < -0.4 is 20.1 Å². The van der Waals surface area contributed by atoms with E-state index in [2.05, 4.69) is 5.32 Å². The largest absolute Gasteiger partial charge is 0.483 e. The van der Waals surface area contributed by atoms with Gasteiger partial charge in [0.25, 0.3) is 11.8 Å². The van der Waals surface area contributed by atoms with Crippen molar-refractivity contribution in [2.75, 3.05) is 16.8 Å². The third-order valence-corrected chi connectivity index (χ3v) is 7.12. The second-order valence-corrected chi connectivity index (χ2v) is 10.6. The van der Waals surface area contributed by atoms with Gasteiger partial charge in [0, 0.05) is 11.3 Å². The summed E-state index contributed by atoms with van der Waals surface area (Å²) in [6, 6.07) is 16.1. The minimum Gasteiger partial charge on any atom is -0.483 e. The molecule has 0 spiro atoms. The maximum atomic E-state index is 13.5. The molecule has 0 unspecified atom stereocenters. The summed E-state index contributed by atoms with van der Waals surface area (Å²) in [6.07, 6.45) is -3.35. The molecule has 0 atom stereocenters. The van der Waals surface area contributed by atoms with Gasteiger partial charge in [0.15, 0.2) is 11.8 Å². The summed E-state index contributed by atoms with van der Waals surface area (Å²) < 4.78 is 68.8. The highest BCUT2D eigenvalue weighted by atomic mass is 32.2. The Morgan fingerprint density at radius 3 is 2.36 bits per heavy atom. The van der Waals surface area contributed by atoms with Gasteiger partial charge in [0.1, 0.15) is 5.75 Å². The van der Waals surface area contributed by atoms with E-state index in [1.54, 1.807) is 18.2 Å². The van der Waals surface area contributed by atoms with E-state index in [-0.39, 0.29) is 15.6 Å². The standard InChI is InChI=1S/C25H19F3N4O5S2/c26-25(27,28)18-6-2-3-7-19(18)32-23(34)21(38-24(32)29)13-15-5-1-4-8-20(15)37-14-22(33)31-16-9-11-17(12-10-16)39(30,35)36/h1-13,29H,14H2,(H,31,33)(H2,30,35,36)/b21-13-,29-24?. The number of halogens is 3. The van der Waals surface area contributed by atoms with Gasteiger partial charge < -0.3 is 10.1 Å². The molecule has 1 heterocycles. The maximum Gasteiger partial charge on any atom is 0.418 e. The molecular formula is C25H19F3N4O5S2. The number of anilines is 2. The highest BCUT2D eigenvalue weighted by Gasteiger charge is 2.40. The van der Waals surface area contributed by atoms with E-state index in [0.717, 1.165) is 12.1 Å². The molecule has 1 aliphatic rings. The summed E-state index contributed by atoms with van der Waals surface area (Å²) in [4.78, 5) is 26.0. The normalized spacial score (nSPS) is 15.1. The van der Waals surface area contributed by atoms with Crippen LogP contribution in [0.5, 0.6) is 5.75 Å². The number of benzene rings is 3. The molecule has 4 N–H and O–H groups in total. The molecule has 1 fully saturated rings. The van der Waals surface area contributed by atoms with E-state index in [1.807, 2.05) is 0 Å². The number of alkyl halides is 3. The first-order valence-electron chi connectivity index (χ1n) is 11.0. The van der Waals surface area contributed by atoms with Gasteiger partial charge in [-0.05, 0) is 60.3 Å². The number of carbonyl (C=O) groups excluding carboxylic acids is 2. The number of rotatable bonds is 7. The summed E-state index contributed by atoms with van der Waals surface area (Å²) in [7, 11) is -3.88. The molecule has 39 heavy (non-hydrogen) atoms. The summed E-state index contributed by atoms with van der Waals surface area (Å²) in [5.74, 6) is -1.17. The molecule has 9 nitrogen and oxygen atoms in total. The van der Waals surface area contributed by atoms with Crippen molar-refractivity contribution >= 4 is 56.2 Å². The van der Waals surface area contributed by atoms with Gasteiger partial charge in [-0.1, -0.05) is 30.3 Å². The van der Waals surface area contributed by atoms with Crippen molar-refractivity contribution in [3.05, 3.63) is 88.8 Å². The van der Waals surface area contributed by atoms with Crippen molar-refractivity contribution in [2.24, 2.45) is 5.14 Å². The Labute approximate surface area is 225 Å². The monoisotopic (exact) mass is 576 g/mol. The number of amides is 2. The van der Waals surface area contributed by atoms with E-state index >= 15 is 0 Å². The SMILES string of the molecule is N=C1S/C(=C\c2ccccc2OCC(=O)Nc2ccc(S(N)(=O)=O)cc2)C(=O)N1c1ccccc1C(F)(F)F. The Bertz CT molecular complexity index is 1590. The van der Waals surface area contributed by atoms with Crippen LogP contribution in [0.25, 0.3) is 6.08 Å². The third-order valence-electron chi connectivity index (χ3n) is 5.30. The fourth-order valence-electron chi connectivity index (χ4n) is 3.55. The predicted octanol–water partition coefficient (Wildman–Crippen LogP) is 4.43. The van der Waals surface area contributed by atoms with E-state index in [1.165, 1.54) is 48.5 Å².